The molecule has 0 saturated heterocycles. The maximum Gasteiger partial charge on any atom is 0.308 e. The molecule has 0 heterocycles. The van der Waals surface area contributed by atoms with Gasteiger partial charge in [-0.15, -0.1) is 0 Å². The van der Waals surface area contributed by atoms with Gasteiger partial charge in [0.2, 0.25) is 5.91 Å². The molecule has 1 aliphatic carbocycles. The van der Waals surface area contributed by atoms with Crippen molar-refractivity contribution in [3.05, 3.63) is 35.4 Å². The normalized spacial score (nSPS) is 22.9. The molecule has 1 aromatic rings. The standard InChI is InChI=1S/C19H26N2O4/c1-19(11-4-3-8-15(19)18(24)25)21-16(22)10-9-13-6-5-7-14(12-13)17(23)20-2/h5-7,12,15H,3-4,8-11H2,1-2H3,(H,20,23)(H,21,22)(H,24,25). The molecule has 0 radical (unpaired) electrons. The van der Waals surface area contributed by atoms with E-state index in [0.29, 0.717) is 24.8 Å². The fraction of sp³-hybridized carbons (Fsp3) is 0.526. The van der Waals surface area contributed by atoms with Crippen LogP contribution in [-0.2, 0) is 16.0 Å². The van der Waals surface area contributed by atoms with Gasteiger partial charge in [-0.3, -0.25) is 14.4 Å². The van der Waals surface area contributed by atoms with Gasteiger partial charge < -0.3 is 15.7 Å². The second-order valence-corrected chi connectivity index (χ2v) is 6.88. The summed E-state index contributed by atoms with van der Waals surface area (Å²) in [7, 11) is 1.58. The van der Waals surface area contributed by atoms with E-state index in [2.05, 4.69) is 10.6 Å². The monoisotopic (exact) mass is 346 g/mol. The van der Waals surface area contributed by atoms with E-state index in [-0.39, 0.29) is 18.2 Å². The van der Waals surface area contributed by atoms with E-state index < -0.39 is 17.4 Å². The molecule has 2 rings (SSSR count). The zero-order valence-electron chi connectivity index (χ0n) is 14.8. The van der Waals surface area contributed by atoms with Crippen molar-refractivity contribution in [3.63, 3.8) is 0 Å². The van der Waals surface area contributed by atoms with Crippen LogP contribution in [0.15, 0.2) is 24.3 Å². The number of hydrogen-bond acceptors (Lipinski definition) is 3. The summed E-state index contributed by atoms with van der Waals surface area (Å²) >= 11 is 0. The highest BCUT2D eigenvalue weighted by Gasteiger charge is 2.41. The predicted molar refractivity (Wildman–Crippen MR) is 94.3 cm³/mol. The molecule has 0 aromatic heterocycles. The van der Waals surface area contributed by atoms with Crippen LogP contribution in [0.5, 0.6) is 0 Å². The van der Waals surface area contributed by atoms with E-state index in [1.165, 1.54) is 0 Å². The molecule has 2 unspecified atom stereocenters. The van der Waals surface area contributed by atoms with Crippen LogP contribution in [0.25, 0.3) is 0 Å². The highest BCUT2D eigenvalue weighted by atomic mass is 16.4. The van der Waals surface area contributed by atoms with Gasteiger partial charge in [-0.1, -0.05) is 25.0 Å². The summed E-state index contributed by atoms with van der Waals surface area (Å²) < 4.78 is 0. The number of rotatable bonds is 6. The summed E-state index contributed by atoms with van der Waals surface area (Å²) in [5, 5.41) is 14.9. The molecule has 0 spiro atoms. The molecular formula is C19H26N2O4. The van der Waals surface area contributed by atoms with Gasteiger partial charge in [-0.25, -0.2) is 0 Å². The average molecular weight is 346 g/mol. The van der Waals surface area contributed by atoms with Gasteiger partial charge in [0.1, 0.15) is 0 Å². The first-order chi connectivity index (χ1) is 11.9. The number of aliphatic carboxylic acids is 1. The van der Waals surface area contributed by atoms with Crippen molar-refractivity contribution in [1.82, 2.24) is 10.6 Å². The zero-order chi connectivity index (χ0) is 18.4. The van der Waals surface area contributed by atoms with Gasteiger partial charge in [0.15, 0.2) is 0 Å². The lowest BCUT2D eigenvalue weighted by atomic mass is 9.74. The molecule has 3 N–H and O–H groups in total. The third-order valence-corrected chi connectivity index (χ3v) is 4.99. The Balaban J connectivity index is 1.96. The topological polar surface area (TPSA) is 95.5 Å². The third-order valence-electron chi connectivity index (χ3n) is 4.99. The van der Waals surface area contributed by atoms with Crippen LogP contribution in [0.1, 0.15) is 54.9 Å². The first-order valence-corrected chi connectivity index (χ1v) is 8.70. The van der Waals surface area contributed by atoms with Crippen LogP contribution in [0.3, 0.4) is 0 Å². The lowest BCUT2D eigenvalue weighted by Crippen LogP contribution is -2.55. The number of benzene rings is 1. The number of amides is 2. The molecule has 1 aliphatic rings. The fourth-order valence-corrected chi connectivity index (χ4v) is 3.53. The molecule has 2 atom stereocenters. The quantitative estimate of drug-likeness (QED) is 0.735. The Morgan fingerprint density at radius 3 is 2.72 bits per heavy atom. The van der Waals surface area contributed by atoms with Crippen molar-refractivity contribution in [1.29, 1.82) is 0 Å². The number of carbonyl (C=O) groups is 3. The lowest BCUT2D eigenvalue weighted by Gasteiger charge is -2.39. The van der Waals surface area contributed by atoms with Gasteiger partial charge in [-0.05, 0) is 43.9 Å². The molecule has 6 nitrogen and oxygen atoms in total. The molecule has 1 aromatic carbocycles. The summed E-state index contributed by atoms with van der Waals surface area (Å²) in [4.78, 5) is 35.5. The predicted octanol–water partition coefficient (Wildman–Crippen LogP) is 2.13. The number of nitrogens with one attached hydrogen (secondary N) is 2. The molecule has 1 saturated carbocycles. The Hall–Kier alpha value is -2.37. The van der Waals surface area contributed by atoms with Gasteiger partial charge in [0.25, 0.3) is 5.91 Å². The minimum atomic E-state index is -0.847. The molecule has 136 valence electrons. The number of carboxylic acid groups (broad SMARTS) is 1. The third kappa shape index (κ3) is 4.81. The van der Waals surface area contributed by atoms with Crippen molar-refractivity contribution >= 4 is 17.8 Å². The summed E-state index contributed by atoms with van der Waals surface area (Å²) in [6.45, 7) is 1.83. The average Bonchev–Trinajstić information content (AvgIpc) is 2.59. The van der Waals surface area contributed by atoms with Crippen LogP contribution >= 0.6 is 0 Å². The molecule has 6 heteroatoms. The summed E-state index contributed by atoms with van der Waals surface area (Å²) in [5.41, 5.74) is 0.774. The molecule has 0 bridgehead atoms. The van der Waals surface area contributed by atoms with Gasteiger partial charge in [0, 0.05) is 19.0 Å². The Kier molecular flexibility index (Phi) is 6.17. The van der Waals surface area contributed by atoms with Crippen molar-refractivity contribution in [2.45, 2.75) is 51.0 Å². The van der Waals surface area contributed by atoms with E-state index in [1.807, 2.05) is 13.0 Å². The number of hydrogen-bond donors (Lipinski definition) is 3. The first kappa shape index (κ1) is 19.0. The van der Waals surface area contributed by atoms with Crippen LogP contribution in [0.4, 0.5) is 0 Å². The second kappa shape index (κ2) is 8.14. The number of carbonyl (C=O) groups excluding carboxylic acids is 2. The van der Waals surface area contributed by atoms with Crippen molar-refractivity contribution in [2.75, 3.05) is 7.05 Å². The lowest BCUT2D eigenvalue weighted by molar-refractivity contribution is -0.146. The zero-order valence-corrected chi connectivity index (χ0v) is 14.8. The molecule has 0 aliphatic heterocycles. The van der Waals surface area contributed by atoms with Crippen molar-refractivity contribution < 1.29 is 19.5 Å². The smallest absolute Gasteiger partial charge is 0.308 e. The van der Waals surface area contributed by atoms with E-state index in [9.17, 15) is 19.5 Å². The fourth-order valence-electron chi connectivity index (χ4n) is 3.53. The summed E-state index contributed by atoms with van der Waals surface area (Å²) in [6, 6.07) is 7.17. The van der Waals surface area contributed by atoms with Crippen LogP contribution < -0.4 is 10.6 Å². The number of carboxylic acids is 1. The maximum atomic E-state index is 12.3. The number of aryl methyl sites for hydroxylation is 1. The summed E-state index contributed by atoms with van der Waals surface area (Å²) in [5.74, 6) is -1.70. The Labute approximate surface area is 148 Å². The Morgan fingerprint density at radius 1 is 1.28 bits per heavy atom. The molecule has 2 amide bonds. The highest BCUT2D eigenvalue weighted by Crippen LogP contribution is 2.33. The van der Waals surface area contributed by atoms with E-state index in [0.717, 1.165) is 18.4 Å². The minimum Gasteiger partial charge on any atom is -0.481 e. The summed E-state index contributed by atoms with van der Waals surface area (Å²) in [6.07, 6.45) is 3.86. The van der Waals surface area contributed by atoms with E-state index in [4.69, 9.17) is 0 Å². The molecular weight excluding hydrogens is 320 g/mol. The molecule has 25 heavy (non-hydrogen) atoms. The van der Waals surface area contributed by atoms with E-state index >= 15 is 0 Å². The van der Waals surface area contributed by atoms with Gasteiger partial charge >= 0.3 is 5.97 Å². The van der Waals surface area contributed by atoms with Crippen LogP contribution in [-0.4, -0.2) is 35.5 Å². The van der Waals surface area contributed by atoms with Crippen LogP contribution in [0, 0.1) is 5.92 Å². The van der Waals surface area contributed by atoms with Gasteiger partial charge in [-0.2, -0.15) is 0 Å². The Morgan fingerprint density at radius 2 is 2.04 bits per heavy atom. The van der Waals surface area contributed by atoms with Crippen molar-refractivity contribution in [3.8, 4) is 0 Å². The largest absolute Gasteiger partial charge is 0.481 e. The SMILES string of the molecule is CNC(=O)c1cccc(CCC(=O)NC2(C)CCCCC2C(=O)O)c1. The van der Waals surface area contributed by atoms with Crippen molar-refractivity contribution in [2.24, 2.45) is 5.92 Å². The Bertz CT molecular complexity index is 659. The first-order valence-electron chi connectivity index (χ1n) is 8.70. The minimum absolute atomic E-state index is 0.152. The molecule has 1 fully saturated rings. The second-order valence-electron chi connectivity index (χ2n) is 6.88. The maximum absolute atomic E-state index is 12.3. The van der Waals surface area contributed by atoms with Crippen LogP contribution in [0.2, 0.25) is 0 Å². The van der Waals surface area contributed by atoms with E-state index in [1.54, 1.807) is 25.2 Å². The highest BCUT2D eigenvalue weighted by molar-refractivity contribution is 5.94. The van der Waals surface area contributed by atoms with Gasteiger partial charge in [0.05, 0.1) is 11.5 Å².